The largest absolute Gasteiger partial charge is 0.334 e. The predicted octanol–water partition coefficient (Wildman–Crippen LogP) is 3.65. The Labute approximate surface area is 124 Å². The Bertz CT molecular complexity index is 513. The lowest BCUT2D eigenvalue weighted by molar-refractivity contribution is 0.240. The molecule has 0 aromatic heterocycles. The molecule has 3 nitrogen and oxygen atoms in total. The first-order valence-corrected chi connectivity index (χ1v) is 6.83. The molecule has 2 rings (SSSR count). The molecule has 0 atom stereocenters. The highest BCUT2D eigenvalue weighted by atomic mass is 35.5. The van der Waals surface area contributed by atoms with Gasteiger partial charge in [-0.15, -0.1) is 0 Å². The fourth-order valence-electron chi connectivity index (χ4n) is 1.74. The van der Waals surface area contributed by atoms with Gasteiger partial charge in [-0.1, -0.05) is 53.6 Å². The van der Waals surface area contributed by atoms with Crippen molar-refractivity contribution in [3.05, 3.63) is 70.2 Å². The number of rotatable bonds is 4. The fraction of sp³-hybridized carbons (Fsp3) is 0.188. The average molecular weight is 289 g/mol. The summed E-state index contributed by atoms with van der Waals surface area (Å²) < 4.78 is 0. The first-order valence-electron chi connectivity index (χ1n) is 6.45. The number of benzene rings is 2. The number of hydrogen-bond acceptors (Lipinski definition) is 1. The number of carbonyl (C=O) groups is 1. The summed E-state index contributed by atoms with van der Waals surface area (Å²) in [4.78, 5) is 11.7. The van der Waals surface area contributed by atoms with Crippen molar-refractivity contribution < 1.29 is 4.79 Å². The monoisotopic (exact) mass is 288 g/mol. The topological polar surface area (TPSA) is 41.1 Å². The van der Waals surface area contributed by atoms with E-state index in [0.717, 1.165) is 11.1 Å². The van der Waals surface area contributed by atoms with Crippen LogP contribution in [0.5, 0.6) is 0 Å². The van der Waals surface area contributed by atoms with Crippen LogP contribution in [0.2, 0.25) is 5.02 Å². The maximum atomic E-state index is 11.7. The van der Waals surface area contributed by atoms with Gasteiger partial charge in [0, 0.05) is 18.1 Å². The van der Waals surface area contributed by atoms with Crippen molar-refractivity contribution in [2.24, 2.45) is 0 Å². The first kappa shape index (κ1) is 14.4. The maximum Gasteiger partial charge on any atom is 0.315 e. The molecule has 0 saturated heterocycles. The summed E-state index contributed by atoms with van der Waals surface area (Å²) in [6.45, 7) is 3.04. The minimum Gasteiger partial charge on any atom is -0.334 e. The lowest BCUT2D eigenvalue weighted by Gasteiger charge is -2.08. The zero-order valence-electron chi connectivity index (χ0n) is 11.3. The maximum absolute atomic E-state index is 11.7. The summed E-state index contributed by atoms with van der Waals surface area (Å²) in [5, 5.41) is 6.32. The lowest BCUT2D eigenvalue weighted by Crippen LogP contribution is -2.34. The van der Waals surface area contributed by atoms with Gasteiger partial charge in [0.25, 0.3) is 0 Å². The lowest BCUT2D eigenvalue weighted by atomic mass is 10.1. The highest BCUT2D eigenvalue weighted by molar-refractivity contribution is 6.30. The van der Waals surface area contributed by atoms with Crippen molar-refractivity contribution in [2.75, 3.05) is 0 Å². The van der Waals surface area contributed by atoms with Crippen LogP contribution >= 0.6 is 11.6 Å². The second-order valence-corrected chi connectivity index (χ2v) is 5.08. The summed E-state index contributed by atoms with van der Waals surface area (Å²) in [6, 6.07) is 15.3. The Hall–Kier alpha value is -2.00. The molecule has 0 aliphatic rings. The van der Waals surface area contributed by atoms with Gasteiger partial charge in [-0.05, 0) is 30.2 Å². The highest BCUT2D eigenvalue weighted by Gasteiger charge is 2.00. The van der Waals surface area contributed by atoms with Crippen molar-refractivity contribution in [1.82, 2.24) is 10.6 Å². The molecule has 2 aromatic carbocycles. The Morgan fingerprint density at radius 2 is 1.35 bits per heavy atom. The van der Waals surface area contributed by atoms with Crippen LogP contribution < -0.4 is 10.6 Å². The number of halogens is 1. The van der Waals surface area contributed by atoms with Gasteiger partial charge in [0.05, 0.1) is 0 Å². The van der Waals surface area contributed by atoms with Gasteiger partial charge >= 0.3 is 6.03 Å². The SMILES string of the molecule is Cc1ccc(CNC(=O)NCc2ccc(Cl)cc2)cc1. The molecule has 0 aliphatic heterocycles. The minimum atomic E-state index is -0.180. The fourth-order valence-corrected chi connectivity index (χ4v) is 1.86. The molecule has 0 radical (unpaired) electrons. The average Bonchev–Trinajstić information content (AvgIpc) is 2.46. The summed E-state index contributed by atoms with van der Waals surface area (Å²) in [5.74, 6) is 0. The molecule has 0 spiro atoms. The Morgan fingerprint density at radius 3 is 1.85 bits per heavy atom. The second kappa shape index (κ2) is 6.96. The van der Waals surface area contributed by atoms with Crippen molar-refractivity contribution in [2.45, 2.75) is 20.0 Å². The number of hydrogen-bond donors (Lipinski definition) is 2. The smallest absolute Gasteiger partial charge is 0.315 e. The summed E-state index contributed by atoms with van der Waals surface area (Å²) >= 11 is 5.80. The molecule has 0 heterocycles. The van der Waals surface area contributed by atoms with E-state index in [1.807, 2.05) is 55.5 Å². The Kier molecular flexibility index (Phi) is 5.02. The molecule has 0 fully saturated rings. The molecule has 0 saturated carbocycles. The van der Waals surface area contributed by atoms with Gasteiger partial charge in [-0.2, -0.15) is 0 Å². The summed E-state index contributed by atoms with van der Waals surface area (Å²) in [6.07, 6.45) is 0. The Morgan fingerprint density at radius 1 is 0.900 bits per heavy atom. The number of urea groups is 1. The van der Waals surface area contributed by atoms with E-state index in [1.54, 1.807) is 0 Å². The normalized spacial score (nSPS) is 10.1. The Balaban J connectivity index is 1.75. The van der Waals surface area contributed by atoms with E-state index in [2.05, 4.69) is 10.6 Å². The van der Waals surface area contributed by atoms with Gasteiger partial charge in [-0.3, -0.25) is 0 Å². The van der Waals surface area contributed by atoms with Crippen LogP contribution in [0.3, 0.4) is 0 Å². The van der Waals surface area contributed by atoms with Crippen LogP contribution in [-0.4, -0.2) is 6.03 Å². The van der Waals surface area contributed by atoms with E-state index in [1.165, 1.54) is 5.56 Å². The van der Waals surface area contributed by atoms with E-state index in [0.29, 0.717) is 18.1 Å². The van der Waals surface area contributed by atoms with Crippen LogP contribution in [0, 0.1) is 6.92 Å². The van der Waals surface area contributed by atoms with Gasteiger partial charge in [-0.25, -0.2) is 4.79 Å². The van der Waals surface area contributed by atoms with E-state index >= 15 is 0 Å². The molecular formula is C16H17ClN2O. The third-order valence-corrected chi connectivity index (χ3v) is 3.19. The van der Waals surface area contributed by atoms with Crippen molar-refractivity contribution >= 4 is 17.6 Å². The van der Waals surface area contributed by atoms with Crippen LogP contribution in [0.1, 0.15) is 16.7 Å². The third-order valence-electron chi connectivity index (χ3n) is 2.94. The number of nitrogens with one attached hydrogen (secondary N) is 2. The highest BCUT2D eigenvalue weighted by Crippen LogP contribution is 2.09. The number of carbonyl (C=O) groups excluding carboxylic acids is 1. The first-order chi connectivity index (χ1) is 9.63. The van der Waals surface area contributed by atoms with Crippen LogP contribution in [0.25, 0.3) is 0 Å². The predicted molar refractivity (Wildman–Crippen MR) is 81.7 cm³/mol. The molecule has 104 valence electrons. The van der Waals surface area contributed by atoms with E-state index < -0.39 is 0 Å². The van der Waals surface area contributed by atoms with Crippen molar-refractivity contribution in [3.63, 3.8) is 0 Å². The number of aryl methyl sites for hydroxylation is 1. The summed E-state index contributed by atoms with van der Waals surface area (Å²) in [7, 11) is 0. The molecule has 4 heteroatoms. The molecular weight excluding hydrogens is 272 g/mol. The molecule has 0 unspecified atom stereocenters. The second-order valence-electron chi connectivity index (χ2n) is 4.65. The third kappa shape index (κ3) is 4.59. The van der Waals surface area contributed by atoms with Crippen molar-refractivity contribution in [1.29, 1.82) is 0 Å². The molecule has 2 amide bonds. The standard InChI is InChI=1S/C16H17ClN2O/c1-12-2-4-13(5-3-12)10-18-16(20)19-11-14-6-8-15(17)9-7-14/h2-9H,10-11H2,1H3,(H2,18,19,20). The quantitative estimate of drug-likeness (QED) is 0.886. The zero-order chi connectivity index (χ0) is 14.4. The van der Waals surface area contributed by atoms with Gasteiger partial charge in [0.2, 0.25) is 0 Å². The van der Waals surface area contributed by atoms with Gasteiger partial charge < -0.3 is 10.6 Å². The number of amides is 2. The van der Waals surface area contributed by atoms with E-state index in [4.69, 9.17) is 11.6 Å². The van der Waals surface area contributed by atoms with Crippen LogP contribution in [-0.2, 0) is 13.1 Å². The molecule has 2 N–H and O–H groups in total. The van der Waals surface area contributed by atoms with E-state index in [-0.39, 0.29) is 6.03 Å². The molecule has 0 bridgehead atoms. The molecule has 20 heavy (non-hydrogen) atoms. The zero-order valence-corrected chi connectivity index (χ0v) is 12.1. The van der Waals surface area contributed by atoms with Gasteiger partial charge in [0.1, 0.15) is 0 Å². The molecule has 0 aliphatic carbocycles. The van der Waals surface area contributed by atoms with Gasteiger partial charge in [0.15, 0.2) is 0 Å². The molecule has 2 aromatic rings. The van der Waals surface area contributed by atoms with E-state index in [9.17, 15) is 4.79 Å². The summed E-state index contributed by atoms with van der Waals surface area (Å²) in [5.41, 5.74) is 3.30. The van der Waals surface area contributed by atoms with Crippen LogP contribution in [0.15, 0.2) is 48.5 Å². The van der Waals surface area contributed by atoms with Crippen LogP contribution in [0.4, 0.5) is 4.79 Å². The minimum absolute atomic E-state index is 0.180. The van der Waals surface area contributed by atoms with Crippen molar-refractivity contribution in [3.8, 4) is 0 Å².